The van der Waals surface area contributed by atoms with Crippen molar-refractivity contribution in [2.45, 2.75) is 58.2 Å². The molecule has 2 rings (SSSR count). The smallest absolute Gasteiger partial charge is 0.0320 e. The summed E-state index contributed by atoms with van der Waals surface area (Å²) in [6, 6.07) is 12.7. The highest BCUT2D eigenvalue weighted by molar-refractivity contribution is 5.18. The molecule has 0 radical (unpaired) electrons. The van der Waals surface area contributed by atoms with Crippen molar-refractivity contribution in [3.8, 4) is 0 Å². The summed E-state index contributed by atoms with van der Waals surface area (Å²) in [5.41, 5.74) is 1.43. The topological polar surface area (TPSA) is 15.3 Å². The monoisotopic (exact) mass is 260 g/mol. The zero-order chi connectivity index (χ0) is 13.7. The van der Waals surface area contributed by atoms with E-state index in [-0.39, 0.29) is 0 Å². The molecule has 1 unspecified atom stereocenters. The first-order valence-corrected chi connectivity index (χ1v) is 7.75. The standard InChI is InChI=1S/C17H28N2/c1-4-17(15-8-6-5-7-9-15)18-16-10-12-19(13-11-16)14(2)3/h5-9,14,16-18H,4,10-13H2,1-3H3. The Bertz CT molecular complexity index is 353. The van der Waals surface area contributed by atoms with E-state index in [1.807, 2.05) is 0 Å². The van der Waals surface area contributed by atoms with Crippen LogP contribution in [0.4, 0.5) is 0 Å². The Morgan fingerprint density at radius 2 is 1.79 bits per heavy atom. The van der Waals surface area contributed by atoms with E-state index in [2.05, 4.69) is 61.3 Å². The Balaban J connectivity index is 1.87. The van der Waals surface area contributed by atoms with E-state index in [1.165, 1.54) is 31.5 Å². The first kappa shape index (κ1) is 14.5. The maximum atomic E-state index is 3.85. The summed E-state index contributed by atoms with van der Waals surface area (Å²) >= 11 is 0. The largest absolute Gasteiger partial charge is 0.307 e. The summed E-state index contributed by atoms with van der Waals surface area (Å²) in [4.78, 5) is 2.58. The van der Waals surface area contributed by atoms with Gasteiger partial charge in [0.15, 0.2) is 0 Å². The number of hydrogen-bond donors (Lipinski definition) is 1. The number of piperidine rings is 1. The number of likely N-dealkylation sites (tertiary alicyclic amines) is 1. The van der Waals surface area contributed by atoms with E-state index in [9.17, 15) is 0 Å². The van der Waals surface area contributed by atoms with E-state index < -0.39 is 0 Å². The minimum atomic E-state index is 0.511. The molecule has 0 saturated carbocycles. The average molecular weight is 260 g/mol. The van der Waals surface area contributed by atoms with Gasteiger partial charge in [-0.05, 0) is 51.8 Å². The van der Waals surface area contributed by atoms with Gasteiger partial charge in [-0.15, -0.1) is 0 Å². The molecule has 1 aromatic rings. The first-order chi connectivity index (χ1) is 9.20. The van der Waals surface area contributed by atoms with Crippen LogP contribution in [0.2, 0.25) is 0 Å². The van der Waals surface area contributed by atoms with Crippen LogP contribution >= 0.6 is 0 Å². The summed E-state index contributed by atoms with van der Waals surface area (Å²) < 4.78 is 0. The van der Waals surface area contributed by atoms with Crippen molar-refractivity contribution < 1.29 is 0 Å². The zero-order valence-electron chi connectivity index (χ0n) is 12.6. The second-order valence-electron chi connectivity index (χ2n) is 5.94. The fraction of sp³-hybridized carbons (Fsp3) is 0.647. The Labute approximate surface area is 118 Å². The summed E-state index contributed by atoms with van der Waals surface area (Å²) in [7, 11) is 0. The lowest BCUT2D eigenvalue weighted by Crippen LogP contribution is -2.45. The second kappa shape index (κ2) is 7.06. The van der Waals surface area contributed by atoms with Crippen LogP contribution in [0.15, 0.2) is 30.3 Å². The normalized spacial score (nSPS) is 19.8. The van der Waals surface area contributed by atoms with Crippen LogP contribution in [0.5, 0.6) is 0 Å². The highest BCUT2D eigenvalue weighted by Gasteiger charge is 2.22. The molecule has 1 aliphatic rings. The van der Waals surface area contributed by atoms with Gasteiger partial charge in [-0.3, -0.25) is 0 Å². The number of benzene rings is 1. The van der Waals surface area contributed by atoms with Crippen LogP contribution in [-0.4, -0.2) is 30.1 Å². The zero-order valence-corrected chi connectivity index (χ0v) is 12.6. The van der Waals surface area contributed by atoms with E-state index in [4.69, 9.17) is 0 Å². The number of nitrogens with zero attached hydrogens (tertiary/aromatic N) is 1. The van der Waals surface area contributed by atoms with E-state index in [0.717, 1.165) is 6.42 Å². The molecular formula is C17H28N2. The molecule has 0 spiro atoms. The molecule has 1 atom stereocenters. The molecular weight excluding hydrogens is 232 g/mol. The van der Waals surface area contributed by atoms with Crippen molar-refractivity contribution in [1.29, 1.82) is 0 Å². The lowest BCUT2D eigenvalue weighted by atomic mass is 9.99. The number of hydrogen-bond acceptors (Lipinski definition) is 2. The molecule has 0 aliphatic carbocycles. The van der Waals surface area contributed by atoms with Crippen molar-refractivity contribution in [1.82, 2.24) is 10.2 Å². The molecule has 1 aliphatic heterocycles. The molecule has 2 heteroatoms. The molecule has 0 aromatic heterocycles. The molecule has 1 aromatic carbocycles. The Hall–Kier alpha value is -0.860. The van der Waals surface area contributed by atoms with Gasteiger partial charge in [0.2, 0.25) is 0 Å². The van der Waals surface area contributed by atoms with Gasteiger partial charge in [0, 0.05) is 18.1 Å². The Morgan fingerprint density at radius 3 is 2.32 bits per heavy atom. The van der Waals surface area contributed by atoms with Gasteiger partial charge < -0.3 is 10.2 Å². The number of nitrogens with one attached hydrogen (secondary N) is 1. The average Bonchev–Trinajstić information content (AvgIpc) is 2.46. The van der Waals surface area contributed by atoms with Gasteiger partial charge in [0.1, 0.15) is 0 Å². The fourth-order valence-corrected chi connectivity index (χ4v) is 3.00. The minimum absolute atomic E-state index is 0.511. The van der Waals surface area contributed by atoms with Crippen LogP contribution in [0.25, 0.3) is 0 Å². The van der Waals surface area contributed by atoms with Gasteiger partial charge in [0.25, 0.3) is 0 Å². The summed E-state index contributed by atoms with van der Waals surface area (Å²) in [5.74, 6) is 0. The van der Waals surface area contributed by atoms with E-state index in [0.29, 0.717) is 18.1 Å². The first-order valence-electron chi connectivity index (χ1n) is 7.75. The highest BCUT2D eigenvalue weighted by atomic mass is 15.2. The van der Waals surface area contributed by atoms with Crippen LogP contribution < -0.4 is 5.32 Å². The molecule has 106 valence electrons. The highest BCUT2D eigenvalue weighted by Crippen LogP contribution is 2.20. The van der Waals surface area contributed by atoms with Gasteiger partial charge >= 0.3 is 0 Å². The SMILES string of the molecule is CCC(NC1CCN(C(C)C)CC1)c1ccccc1. The quantitative estimate of drug-likeness (QED) is 0.870. The van der Waals surface area contributed by atoms with Gasteiger partial charge in [0.05, 0.1) is 0 Å². The molecule has 1 fully saturated rings. The molecule has 1 N–H and O–H groups in total. The lowest BCUT2D eigenvalue weighted by Gasteiger charge is -2.36. The van der Waals surface area contributed by atoms with E-state index in [1.54, 1.807) is 0 Å². The summed E-state index contributed by atoms with van der Waals surface area (Å²) in [6.45, 7) is 9.34. The van der Waals surface area contributed by atoms with E-state index >= 15 is 0 Å². The van der Waals surface area contributed by atoms with Crippen molar-refractivity contribution in [2.24, 2.45) is 0 Å². The van der Waals surface area contributed by atoms with Gasteiger partial charge in [-0.25, -0.2) is 0 Å². The third-order valence-corrected chi connectivity index (χ3v) is 4.31. The maximum Gasteiger partial charge on any atom is 0.0320 e. The fourth-order valence-electron chi connectivity index (χ4n) is 3.00. The molecule has 0 amide bonds. The third kappa shape index (κ3) is 4.05. The van der Waals surface area contributed by atoms with Crippen molar-refractivity contribution in [3.63, 3.8) is 0 Å². The van der Waals surface area contributed by atoms with Crippen molar-refractivity contribution >= 4 is 0 Å². The maximum absolute atomic E-state index is 3.85. The van der Waals surface area contributed by atoms with Crippen molar-refractivity contribution in [3.05, 3.63) is 35.9 Å². The lowest BCUT2D eigenvalue weighted by molar-refractivity contribution is 0.156. The summed E-state index contributed by atoms with van der Waals surface area (Å²) in [5, 5.41) is 3.85. The Morgan fingerprint density at radius 1 is 1.16 bits per heavy atom. The molecule has 1 heterocycles. The van der Waals surface area contributed by atoms with Crippen LogP contribution in [0.3, 0.4) is 0 Å². The third-order valence-electron chi connectivity index (χ3n) is 4.31. The second-order valence-corrected chi connectivity index (χ2v) is 5.94. The number of rotatable bonds is 5. The minimum Gasteiger partial charge on any atom is -0.307 e. The van der Waals surface area contributed by atoms with Crippen LogP contribution in [0.1, 0.15) is 51.6 Å². The van der Waals surface area contributed by atoms with Gasteiger partial charge in [-0.1, -0.05) is 37.3 Å². The summed E-state index contributed by atoms with van der Waals surface area (Å²) in [6.07, 6.45) is 3.72. The molecule has 2 nitrogen and oxygen atoms in total. The van der Waals surface area contributed by atoms with Crippen molar-refractivity contribution in [2.75, 3.05) is 13.1 Å². The molecule has 0 bridgehead atoms. The van der Waals surface area contributed by atoms with Gasteiger partial charge in [-0.2, -0.15) is 0 Å². The van der Waals surface area contributed by atoms with Crippen LogP contribution in [0, 0.1) is 0 Å². The molecule has 19 heavy (non-hydrogen) atoms. The Kier molecular flexibility index (Phi) is 5.41. The van der Waals surface area contributed by atoms with Crippen LogP contribution in [-0.2, 0) is 0 Å². The predicted molar refractivity (Wildman–Crippen MR) is 82.3 cm³/mol. The molecule has 1 saturated heterocycles. The predicted octanol–water partition coefficient (Wildman–Crippen LogP) is 3.60.